The largest absolute Gasteiger partial charge is 0.460 e. The summed E-state index contributed by atoms with van der Waals surface area (Å²) in [5.41, 5.74) is -0.462. The first-order valence-corrected chi connectivity index (χ1v) is 5.20. The molecule has 0 N–H and O–H groups in total. The van der Waals surface area contributed by atoms with Crippen molar-refractivity contribution in [3.8, 4) is 0 Å². The number of benzene rings is 1. The Labute approximate surface area is 102 Å². The summed E-state index contributed by atoms with van der Waals surface area (Å²) in [5.74, 6) is -1.76. The highest BCUT2D eigenvalue weighted by Gasteiger charge is 2.30. The molecule has 6 heteroatoms. The fourth-order valence-electron chi connectivity index (χ4n) is 1.28. The van der Waals surface area contributed by atoms with Gasteiger partial charge in [-0.25, -0.2) is 4.79 Å². The van der Waals surface area contributed by atoms with E-state index in [2.05, 4.69) is 4.74 Å². The number of carbonyl (C=O) groups is 2. The first-order chi connectivity index (χ1) is 8.34. The summed E-state index contributed by atoms with van der Waals surface area (Å²) >= 11 is 0. The van der Waals surface area contributed by atoms with Gasteiger partial charge in [0, 0.05) is 6.42 Å². The molecule has 1 aromatic rings. The van der Waals surface area contributed by atoms with Crippen molar-refractivity contribution in [2.24, 2.45) is 0 Å². The molecule has 98 valence electrons. The SMILES string of the molecule is CCOC(=O)C(=O)Cc1ccc(C(F)(F)F)cc1. The van der Waals surface area contributed by atoms with Crippen LogP contribution in [0.3, 0.4) is 0 Å². The molecule has 0 saturated heterocycles. The van der Waals surface area contributed by atoms with Gasteiger partial charge >= 0.3 is 12.1 Å². The molecule has 0 unspecified atom stereocenters. The number of alkyl halides is 3. The van der Waals surface area contributed by atoms with Crippen LogP contribution in [-0.2, 0) is 26.9 Å². The lowest BCUT2D eigenvalue weighted by Gasteiger charge is -2.07. The third-order valence-corrected chi connectivity index (χ3v) is 2.15. The van der Waals surface area contributed by atoms with E-state index in [4.69, 9.17) is 0 Å². The van der Waals surface area contributed by atoms with E-state index in [0.717, 1.165) is 12.1 Å². The Morgan fingerprint density at radius 2 is 1.72 bits per heavy atom. The van der Waals surface area contributed by atoms with Gasteiger partial charge in [0.15, 0.2) is 0 Å². The van der Waals surface area contributed by atoms with E-state index < -0.39 is 23.5 Å². The van der Waals surface area contributed by atoms with Gasteiger partial charge in [-0.1, -0.05) is 12.1 Å². The molecule has 0 saturated carbocycles. The second-order valence-electron chi connectivity index (χ2n) is 3.52. The van der Waals surface area contributed by atoms with Gasteiger partial charge in [-0.2, -0.15) is 13.2 Å². The van der Waals surface area contributed by atoms with Crippen molar-refractivity contribution in [2.75, 3.05) is 6.61 Å². The summed E-state index contributed by atoms with van der Waals surface area (Å²) in [7, 11) is 0. The molecule has 0 bridgehead atoms. The molecule has 0 atom stereocenters. The van der Waals surface area contributed by atoms with Crippen LogP contribution >= 0.6 is 0 Å². The third-order valence-electron chi connectivity index (χ3n) is 2.15. The summed E-state index contributed by atoms with van der Waals surface area (Å²) in [5, 5.41) is 0. The molecule has 0 fully saturated rings. The molecule has 0 aliphatic carbocycles. The minimum Gasteiger partial charge on any atom is -0.460 e. The summed E-state index contributed by atoms with van der Waals surface area (Å²) < 4.78 is 41.3. The number of rotatable bonds is 4. The standard InChI is InChI=1S/C12H11F3O3/c1-2-18-11(17)10(16)7-8-3-5-9(6-4-8)12(13,14)15/h3-6H,2,7H2,1H3. The highest BCUT2D eigenvalue weighted by Crippen LogP contribution is 2.29. The van der Waals surface area contributed by atoms with Crippen LogP contribution in [0, 0.1) is 0 Å². The Morgan fingerprint density at radius 1 is 1.17 bits per heavy atom. The number of halogens is 3. The number of ketones is 1. The highest BCUT2D eigenvalue weighted by atomic mass is 19.4. The molecule has 1 rings (SSSR count). The lowest BCUT2D eigenvalue weighted by molar-refractivity contribution is -0.153. The second-order valence-corrected chi connectivity index (χ2v) is 3.52. The van der Waals surface area contributed by atoms with Crippen LogP contribution in [-0.4, -0.2) is 18.4 Å². The van der Waals surface area contributed by atoms with Crippen molar-refractivity contribution in [3.05, 3.63) is 35.4 Å². The van der Waals surface area contributed by atoms with Crippen LogP contribution in [0.1, 0.15) is 18.1 Å². The summed E-state index contributed by atoms with van der Waals surface area (Å²) in [6.45, 7) is 1.64. The molecular weight excluding hydrogens is 249 g/mol. The van der Waals surface area contributed by atoms with Gasteiger partial charge < -0.3 is 4.74 Å². The van der Waals surface area contributed by atoms with Gasteiger partial charge in [-0.15, -0.1) is 0 Å². The Kier molecular flexibility index (Phi) is 4.47. The normalized spacial score (nSPS) is 11.1. The lowest BCUT2D eigenvalue weighted by atomic mass is 10.1. The predicted octanol–water partition coefficient (Wildman–Crippen LogP) is 2.38. The Balaban J connectivity index is 2.70. The van der Waals surface area contributed by atoms with Crippen LogP contribution in [0.2, 0.25) is 0 Å². The number of Topliss-reactive ketones (excluding diaryl/α,β-unsaturated/α-hetero) is 1. The van der Waals surface area contributed by atoms with Crippen molar-refractivity contribution in [2.45, 2.75) is 19.5 Å². The van der Waals surface area contributed by atoms with E-state index in [1.165, 1.54) is 12.1 Å². The number of hydrogen-bond acceptors (Lipinski definition) is 3. The molecule has 0 aliphatic heterocycles. The molecule has 0 spiro atoms. The average Bonchev–Trinajstić information content (AvgIpc) is 2.28. The van der Waals surface area contributed by atoms with Crippen molar-refractivity contribution < 1.29 is 27.5 Å². The zero-order chi connectivity index (χ0) is 13.8. The molecule has 0 heterocycles. The molecule has 0 aliphatic rings. The Hall–Kier alpha value is -1.85. The summed E-state index contributed by atoms with van der Waals surface area (Å²) in [4.78, 5) is 22.3. The number of ether oxygens (including phenoxy) is 1. The fourth-order valence-corrected chi connectivity index (χ4v) is 1.28. The van der Waals surface area contributed by atoms with Crippen molar-refractivity contribution in [1.29, 1.82) is 0 Å². The maximum absolute atomic E-state index is 12.3. The van der Waals surface area contributed by atoms with Crippen molar-refractivity contribution >= 4 is 11.8 Å². The number of hydrogen-bond donors (Lipinski definition) is 0. The van der Waals surface area contributed by atoms with E-state index in [1.54, 1.807) is 6.92 Å². The van der Waals surface area contributed by atoms with Crippen molar-refractivity contribution in [3.63, 3.8) is 0 Å². The van der Waals surface area contributed by atoms with Gasteiger partial charge in [0.25, 0.3) is 0 Å². The summed E-state index contributed by atoms with van der Waals surface area (Å²) in [6, 6.07) is 4.07. The predicted molar refractivity (Wildman–Crippen MR) is 56.8 cm³/mol. The Morgan fingerprint density at radius 3 is 2.17 bits per heavy atom. The quantitative estimate of drug-likeness (QED) is 0.616. The second kappa shape index (κ2) is 5.66. The van der Waals surface area contributed by atoms with Crippen LogP contribution in [0.15, 0.2) is 24.3 Å². The van der Waals surface area contributed by atoms with Gasteiger partial charge in [0.1, 0.15) is 0 Å². The monoisotopic (exact) mass is 260 g/mol. The molecule has 3 nitrogen and oxygen atoms in total. The maximum Gasteiger partial charge on any atom is 0.416 e. The van der Waals surface area contributed by atoms with Gasteiger partial charge in [-0.3, -0.25) is 4.79 Å². The first kappa shape index (κ1) is 14.2. The molecular formula is C12H11F3O3. The van der Waals surface area contributed by atoms with Crippen LogP contribution < -0.4 is 0 Å². The van der Waals surface area contributed by atoms with E-state index >= 15 is 0 Å². The minimum atomic E-state index is -4.41. The average molecular weight is 260 g/mol. The molecule has 18 heavy (non-hydrogen) atoms. The maximum atomic E-state index is 12.3. The van der Waals surface area contributed by atoms with E-state index in [9.17, 15) is 22.8 Å². The van der Waals surface area contributed by atoms with E-state index in [1.807, 2.05) is 0 Å². The van der Waals surface area contributed by atoms with Gasteiger partial charge in [0.2, 0.25) is 5.78 Å². The first-order valence-electron chi connectivity index (χ1n) is 5.20. The molecule has 0 aromatic heterocycles. The summed E-state index contributed by atoms with van der Waals surface area (Å²) in [6.07, 6.45) is -4.68. The number of esters is 1. The Bertz CT molecular complexity index is 435. The van der Waals surface area contributed by atoms with Crippen LogP contribution in [0.5, 0.6) is 0 Å². The highest BCUT2D eigenvalue weighted by molar-refractivity contribution is 6.34. The molecule has 0 radical (unpaired) electrons. The van der Waals surface area contributed by atoms with Crippen molar-refractivity contribution in [1.82, 2.24) is 0 Å². The van der Waals surface area contributed by atoms with Gasteiger partial charge in [0.05, 0.1) is 12.2 Å². The zero-order valence-corrected chi connectivity index (χ0v) is 9.58. The number of carbonyl (C=O) groups excluding carboxylic acids is 2. The van der Waals surface area contributed by atoms with E-state index in [0.29, 0.717) is 5.56 Å². The lowest BCUT2D eigenvalue weighted by Crippen LogP contribution is -2.19. The topological polar surface area (TPSA) is 43.4 Å². The molecule has 1 aromatic carbocycles. The van der Waals surface area contributed by atoms with E-state index in [-0.39, 0.29) is 13.0 Å². The van der Waals surface area contributed by atoms with Gasteiger partial charge in [-0.05, 0) is 24.6 Å². The van der Waals surface area contributed by atoms with Crippen LogP contribution in [0.4, 0.5) is 13.2 Å². The molecule has 0 amide bonds. The smallest absolute Gasteiger partial charge is 0.416 e. The van der Waals surface area contributed by atoms with Crippen LogP contribution in [0.25, 0.3) is 0 Å². The fraction of sp³-hybridized carbons (Fsp3) is 0.333. The third kappa shape index (κ3) is 3.87. The zero-order valence-electron chi connectivity index (χ0n) is 9.58. The minimum absolute atomic E-state index is 0.0809.